The molecule has 2 aromatic heterocycles. The molecule has 0 radical (unpaired) electrons. The molecule has 0 saturated carbocycles. The molecule has 2 saturated heterocycles. The normalized spacial score (nSPS) is 26.5. The average Bonchev–Trinajstić information content (AvgIpc) is 3.01. The summed E-state index contributed by atoms with van der Waals surface area (Å²) in [6, 6.07) is 3.62. The fraction of sp³-hybridized carbons (Fsp3) is 0.529. The van der Waals surface area contributed by atoms with Crippen LogP contribution >= 0.6 is 0 Å². The van der Waals surface area contributed by atoms with Gasteiger partial charge in [-0.25, -0.2) is 18.6 Å². The van der Waals surface area contributed by atoms with E-state index < -0.39 is 18.9 Å². The van der Waals surface area contributed by atoms with Gasteiger partial charge in [-0.1, -0.05) is 0 Å². The van der Waals surface area contributed by atoms with E-state index in [0.29, 0.717) is 30.5 Å². The highest BCUT2D eigenvalue weighted by atomic mass is 19.3. The summed E-state index contributed by atoms with van der Waals surface area (Å²) in [7, 11) is 2.00. The van der Waals surface area contributed by atoms with Gasteiger partial charge >= 0.3 is 5.97 Å². The highest BCUT2D eigenvalue weighted by Gasteiger charge is 2.41. The first kappa shape index (κ1) is 16.4. The maximum Gasteiger partial charge on any atom is 0.340 e. The second-order valence-electron chi connectivity index (χ2n) is 6.57. The summed E-state index contributed by atoms with van der Waals surface area (Å²) in [6.07, 6.45) is 1.48. The Kier molecular flexibility index (Phi) is 4.16. The molecule has 2 bridgehead atoms. The quantitative estimate of drug-likeness (QED) is 0.791. The molecule has 0 N–H and O–H groups in total. The van der Waals surface area contributed by atoms with Gasteiger partial charge in [-0.3, -0.25) is 4.90 Å². The van der Waals surface area contributed by atoms with Crippen molar-refractivity contribution in [1.29, 1.82) is 0 Å². The fourth-order valence-electron chi connectivity index (χ4n) is 3.67. The molecule has 0 aromatic carbocycles. The van der Waals surface area contributed by atoms with Crippen molar-refractivity contribution in [1.82, 2.24) is 14.5 Å². The maximum absolute atomic E-state index is 12.8. The van der Waals surface area contributed by atoms with Crippen LogP contribution in [0.5, 0.6) is 0 Å². The summed E-state index contributed by atoms with van der Waals surface area (Å²) in [4.78, 5) is 18.9. The van der Waals surface area contributed by atoms with Crippen molar-refractivity contribution in [2.75, 3.05) is 13.7 Å². The van der Waals surface area contributed by atoms with Crippen LogP contribution in [0, 0.1) is 0 Å². The number of hydrogen-bond acceptors (Lipinski definition) is 5. The van der Waals surface area contributed by atoms with Crippen LogP contribution < -0.4 is 0 Å². The molecule has 3 unspecified atom stereocenters. The van der Waals surface area contributed by atoms with Gasteiger partial charge in [-0.05, 0) is 19.2 Å². The molecule has 6 nitrogen and oxygen atoms in total. The van der Waals surface area contributed by atoms with Crippen LogP contribution in [0.25, 0.3) is 11.0 Å². The average molecular weight is 351 g/mol. The Morgan fingerprint density at radius 3 is 3.08 bits per heavy atom. The predicted octanol–water partition coefficient (Wildman–Crippen LogP) is 2.28. The lowest BCUT2D eigenvalue weighted by atomic mass is 10.0. The second kappa shape index (κ2) is 6.34. The first-order valence-corrected chi connectivity index (χ1v) is 8.29. The summed E-state index contributed by atoms with van der Waals surface area (Å²) in [5, 5.41) is 0.528. The Labute approximate surface area is 143 Å². The van der Waals surface area contributed by atoms with E-state index in [1.807, 2.05) is 7.05 Å². The summed E-state index contributed by atoms with van der Waals surface area (Å²) in [6.45, 7) is 0.139. The molecule has 4 rings (SSSR count). The summed E-state index contributed by atoms with van der Waals surface area (Å²) in [5.74, 6) is -0.500. The molecule has 0 spiro atoms. The molecule has 134 valence electrons. The lowest BCUT2D eigenvalue weighted by molar-refractivity contribution is -0.0368. The van der Waals surface area contributed by atoms with Gasteiger partial charge in [0.1, 0.15) is 18.0 Å². The number of nitrogens with zero attached hydrogens (tertiary/aromatic N) is 3. The first-order valence-electron chi connectivity index (χ1n) is 8.29. The van der Waals surface area contributed by atoms with Crippen LogP contribution in [0.15, 0.2) is 24.5 Å². The third-order valence-electron chi connectivity index (χ3n) is 4.97. The molecular weight excluding hydrogens is 332 g/mol. The van der Waals surface area contributed by atoms with E-state index in [1.54, 1.807) is 12.1 Å². The van der Waals surface area contributed by atoms with Crippen LogP contribution in [-0.2, 0) is 16.0 Å². The minimum atomic E-state index is -2.52. The number of hydrogen-bond donors (Lipinski definition) is 0. The van der Waals surface area contributed by atoms with Crippen molar-refractivity contribution < 1.29 is 23.0 Å². The molecule has 8 heteroatoms. The third kappa shape index (κ3) is 3.00. The smallest absolute Gasteiger partial charge is 0.340 e. The van der Waals surface area contributed by atoms with E-state index >= 15 is 0 Å². The Hall–Kier alpha value is -2.06. The molecule has 25 heavy (non-hydrogen) atoms. The van der Waals surface area contributed by atoms with Crippen LogP contribution in [0.3, 0.4) is 0 Å². The highest BCUT2D eigenvalue weighted by Crippen LogP contribution is 2.31. The molecule has 0 amide bonds. The first-order chi connectivity index (χ1) is 12.0. The molecule has 2 aliphatic heterocycles. The van der Waals surface area contributed by atoms with Crippen molar-refractivity contribution in [2.45, 2.75) is 44.2 Å². The largest absolute Gasteiger partial charge is 0.459 e. The zero-order valence-electron chi connectivity index (χ0n) is 13.8. The lowest BCUT2D eigenvalue weighted by Crippen LogP contribution is -2.44. The minimum absolute atomic E-state index is 0.0293. The van der Waals surface area contributed by atoms with Crippen LogP contribution in [0.2, 0.25) is 0 Å². The van der Waals surface area contributed by atoms with Gasteiger partial charge in [-0.15, -0.1) is 0 Å². The van der Waals surface area contributed by atoms with Crippen molar-refractivity contribution >= 4 is 17.0 Å². The molecule has 4 heterocycles. The molecule has 2 aromatic rings. The summed E-state index contributed by atoms with van der Waals surface area (Å²) >= 11 is 0. The summed E-state index contributed by atoms with van der Waals surface area (Å²) in [5.41, 5.74) is 0.637. The highest BCUT2D eigenvalue weighted by molar-refractivity contribution is 6.03. The molecule has 2 aliphatic rings. The van der Waals surface area contributed by atoms with E-state index in [9.17, 15) is 13.6 Å². The van der Waals surface area contributed by atoms with Gasteiger partial charge < -0.3 is 14.0 Å². The van der Waals surface area contributed by atoms with E-state index in [1.165, 1.54) is 17.0 Å². The standard InChI is InChI=1S/C17H19F2N3O3/c1-21-10-5-11(6-15(21)24-9-10)25-17(23)13-7-22(8-14(18)19)16-12(13)3-2-4-20-16/h2-4,7,10-11,14-15H,5-6,8-9H2,1H3. The van der Waals surface area contributed by atoms with E-state index in [2.05, 4.69) is 9.88 Å². The van der Waals surface area contributed by atoms with Gasteiger partial charge in [0.05, 0.1) is 18.7 Å². The van der Waals surface area contributed by atoms with Gasteiger partial charge in [0.25, 0.3) is 6.43 Å². The number of carbonyl (C=O) groups excluding carboxylic acids is 1. The number of esters is 1. The molecule has 0 aliphatic carbocycles. The van der Waals surface area contributed by atoms with Crippen LogP contribution in [0.1, 0.15) is 23.2 Å². The Bertz CT molecular complexity index is 781. The van der Waals surface area contributed by atoms with E-state index in [-0.39, 0.29) is 23.9 Å². The van der Waals surface area contributed by atoms with E-state index in [0.717, 1.165) is 0 Å². The van der Waals surface area contributed by atoms with Crippen molar-refractivity contribution in [2.24, 2.45) is 0 Å². The summed E-state index contributed by atoms with van der Waals surface area (Å²) < 4.78 is 38.2. The number of ether oxygens (including phenoxy) is 2. The van der Waals surface area contributed by atoms with Gasteiger partial charge in [0, 0.05) is 36.7 Å². The number of alkyl halides is 2. The van der Waals surface area contributed by atoms with Crippen molar-refractivity contribution in [3.8, 4) is 0 Å². The molecule has 2 fully saturated rings. The Balaban J connectivity index is 1.56. The minimum Gasteiger partial charge on any atom is -0.459 e. The van der Waals surface area contributed by atoms with Gasteiger partial charge in [-0.2, -0.15) is 0 Å². The number of aromatic nitrogens is 2. The van der Waals surface area contributed by atoms with Crippen molar-refractivity contribution in [3.05, 3.63) is 30.1 Å². The zero-order chi connectivity index (χ0) is 17.6. The van der Waals surface area contributed by atoms with Crippen LogP contribution in [0.4, 0.5) is 8.78 Å². The van der Waals surface area contributed by atoms with Crippen LogP contribution in [-0.4, -0.2) is 58.9 Å². The van der Waals surface area contributed by atoms with Gasteiger partial charge in [0.2, 0.25) is 0 Å². The number of carbonyl (C=O) groups is 1. The fourth-order valence-corrected chi connectivity index (χ4v) is 3.67. The molecular formula is C17H19F2N3O3. The topological polar surface area (TPSA) is 56.6 Å². The Morgan fingerprint density at radius 2 is 2.32 bits per heavy atom. The number of fused-ring (bicyclic) bond motifs is 3. The second-order valence-corrected chi connectivity index (χ2v) is 6.57. The number of likely N-dealkylation sites (N-methyl/N-ethyl adjacent to an activating group) is 1. The lowest BCUT2D eigenvalue weighted by Gasteiger charge is -2.33. The third-order valence-corrected chi connectivity index (χ3v) is 4.97. The zero-order valence-corrected chi connectivity index (χ0v) is 13.8. The predicted molar refractivity (Wildman–Crippen MR) is 85.5 cm³/mol. The number of pyridine rings is 1. The van der Waals surface area contributed by atoms with E-state index in [4.69, 9.17) is 9.47 Å². The Morgan fingerprint density at radius 1 is 1.48 bits per heavy atom. The van der Waals surface area contributed by atoms with Gasteiger partial charge in [0.15, 0.2) is 0 Å². The number of halogens is 2. The SMILES string of the molecule is CN1C2COC1CC(OC(=O)c1cn(CC(F)F)c3ncccc13)C2. The molecule has 3 atom stereocenters. The van der Waals surface area contributed by atoms with Crippen molar-refractivity contribution in [3.63, 3.8) is 0 Å². The monoisotopic (exact) mass is 351 g/mol. The maximum atomic E-state index is 12.8. The number of piperidine rings is 1. The number of rotatable bonds is 4.